The van der Waals surface area contributed by atoms with Crippen LogP contribution in [-0.4, -0.2) is 19.4 Å². The third-order valence-electron chi connectivity index (χ3n) is 1.75. The lowest BCUT2D eigenvalue weighted by Crippen LogP contribution is -2.09. The van der Waals surface area contributed by atoms with Crippen LogP contribution in [-0.2, 0) is 6.42 Å². The SMILES string of the molecule is CNCCc1cc(N)c(C(C)=O)s1. The predicted molar refractivity (Wildman–Crippen MR) is 56.4 cm³/mol. The van der Waals surface area contributed by atoms with Gasteiger partial charge in [0.1, 0.15) is 0 Å². The topological polar surface area (TPSA) is 55.1 Å². The quantitative estimate of drug-likeness (QED) is 0.717. The zero-order valence-electron chi connectivity index (χ0n) is 7.89. The average molecular weight is 198 g/mol. The third-order valence-corrected chi connectivity index (χ3v) is 3.06. The number of carbonyl (C=O) groups is 1. The molecule has 1 aromatic rings. The molecule has 0 saturated heterocycles. The van der Waals surface area contributed by atoms with E-state index in [0.717, 1.165) is 17.8 Å². The Bertz CT molecular complexity index is 307. The van der Waals surface area contributed by atoms with E-state index in [-0.39, 0.29) is 5.78 Å². The summed E-state index contributed by atoms with van der Waals surface area (Å²) in [5.74, 6) is 0.0539. The molecule has 3 N–H and O–H groups in total. The number of anilines is 1. The molecule has 0 aliphatic carbocycles. The van der Waals surface area contributed by atoms with Gasteiger partial charge in [-0.25, -0.2) is 0 Å². The third kappa shape index (κ3) is 2.54. The Morgan fingerprint density at radius 1 is 1.69 bits per heavy atom. The number of thiophene rings is 1. The first-order valence-electron chi connectivity index (χ1n) is 4.19. The lowest BCUT2D eigenvalue weighted by atomic mass is 10.3. The first kappa shape index (κ1) is 10.2. The molecular formula is C9H14N2OS. The summed E-state index contributed by atoms with van der Waals surface area (Å²) in [6, 6.07) is 1.89. The zero-order chi connectivity index (χ0) is 9.84. The molecular weight excluding hydrogens is 184 g/mol. The van der Waals surface area contributed by atoms with Crippen molar-refractivity contribution in [3.8, 4) is 0 Å². The van der Waals surface area contributed by atoms with Gasteiger partial charge in [-0.1, -0.05) is 0 Å². The first-order chi connectivity index (χ1) is 6.15. The number of ketones is 1. The average Bonchev–Trinajstić information content (AvgIpc) is 2.43. The molecule has 0 bridgehead atoms. The molecule has 13 heavy (non-hydrogen) atoms. The van der Waals surface area contributed by atoms with E-state index in [2.05, 4.69) is 5.32 Å². The maximum atomic E-state index is 11.1. The molecule has 0 amide bonds. The Kier molecular flexibility index (Phi) is 3.45. The molecule has 0 spiro atoms. The fourth-order valence-electron chi connectivity index (χ4n) is 1.10. The van der Waals surface area contributed by atoms with E-state index in [1.54, 1.807) is 6.92 Å². The highest BCUT2D eigenvalue weighted by Gasteiger charge is 2.09. The summed E-state index contributed by atoms with van der Waals surface area (Å²) in [4.78, 5) is 12.9. The summed E-state index contributed by atoms with van der Waals surface area (Å²) in [5, 5.41) is 3.06. The number of hydrogen-bond donors (Lipinski definition) is 2. The van der Waals surface area contributed by atoms with Gasteiger partial charge in [0.25, 0.3) is 0 Å². The van der Waals surface area contributed by atoms with Gasteiger partial charge in [-0.05, 0) is 26.1 Å². The van der Waals surface area contributed by atoms with Gasteiger partial charge in [-0.15, -0.1) is 11.3 Å². The summed E-state index contributed by atoms with van der Waals surface area (Å²) in [6.45, 7) is 2.46. The molecule has 0 unspecified atom stereocenters. The summed E-state index contributed by atoms with van der Waals surface area (Å²) >= 11 is 1.49. The number of likely N-dealkylation sites (N-methyl/N-ethyl adjacent to an activating group) is 1. The minimum atomic E-state index is 0.0539. The van der Waals surface area contributed by atoms with Crippen molar-refractivity contribution in [3.05, 3.63) is 15.8 Å². The highest BCUT2D eigenvalue weighted by atomic mass is 32.1. The van der Waals surface area contributed by atoms with E-state index in [0.29, 0.717) is 10.6 Å². The number of carbonyl (C=O) groups excluding carboxylic acids is 1. The second kappa shape index (κ2) is 4.39. The van der Waals surface area contributed by atoms with Crippen LogP contribution >= 0.6 is 11.3 Å². The van der Waals surface area contributed by atoms with Gasteiger partial charge in [0, 0.05) is 11.8 Å². The van der Waals surface area contributed by atoms with Crippen molar-refractivity contribution in [2.75, 3.05) is 19.3 Å². The predicted octanol–water partition coefficient (Wildman–Crippen LogP) is 1.29. The summed E-state index contributed by atoms with van der Waals surface area (Å²) < 4.78 is 0. The van der Waals surface area contributed by atoms with E-state index in [1.165, 1.54) is 11.3 Å². The minimum absolute atomic E-state index is 0.0539. The molecule has 72 valence electrons. The van der Waals surface area contributed by atoms with E-state index < -0.39 is 0 Å². The molecule has 0 aliphatic heterocycles. The van der Waals surface area contributed by atoms with Crippen LogP contribution in [0.15, 0.2) is 6.07 Å². The lowest BCUT2D eigenvalue weighted by Gasteiger charge is -1.93. The van der Waals surface area contributed by atoms with Crippen LogP contribution in [0.3, 0.4) is 0 Å². The summed E-state index contributed by atoms with van der Waals surface area (Å²) in [6.07, 6.45) is 0.929. The van der Waals surface area contributed by atoms with Crippen molar-refractivity contribution in [2.24, 2.45) is 0 Å². The fourth-order valence-corrected chi connectivity index (χ4v) is 2.08. The van der Waals surface area contributed by atoms with Crippen LogP contribution in [0.25, 0.3) is 0 Å². The van der Waals surface area contributed by atoms with Crippen LogP contribution in [0.2, 0.25) is 0 Å². The molecule has 0 saturated carbocycles. The Morgan fingerprint density at radius 2 is 2.38 bits per heavy atom. The Balaban J connectivity index is 2.76. The van der Waals surface area contributed by atoms with Crippen LogP contribution in [0, 0.1) is 0 Å². The monoisotopic (exact) mass is 198 g/mol. The van der Waals surface area contributed by atoms with Gasteiger partial charge in [-0.3, -0.25) is 4.79 Å². The van der Waals surface area contributed by atoms with Crippen LogP contribution < -0.4 is 11.1 Å². The van der Waals surface area contributed by atoms with Crippen molar-refractivity contribution in [1.29, 1.82) is 0 Å². The number of nitrogens with one attached hydrogen (secondary N) is 1. The van der Waals surface area contributed by atoms with Gasteiger partial charge in [0.05, 0.1) is 10.6 Å². The van der Waals surface area contributed by atoms with E-state index in [4.69, 9.17) is 5.73 Å². The zero-order valence-corrected chi connectivity index (χ0v) is 8.70. The molecule has 0 atom stereocenters. The molecule has 1 heterocycles. The minimum Gasteiger partial charge on any atom is -0.397 e. The van der Waals surface area contributed by atoms with E-state index >= 15 is 0 Å². The Hall–Kier alpha value is -0.870. The molecule has 0 aliphatic rings. The van der Waals surface area contributed by atoms with Gasteiger partial charge in [0.2, 0.25) is 0 Å². The van der Waals surface area contributed by atoms with E-state index in [9.17, 15) is 4.79 Å². The molecule has 3 nitrogen and oxygen atoms in total. The number of nitrogen functional groups attached to an aromatic ring is 1. The molecule has 1 aromatic heterocycles. The Morgan fingerprint density at radius 3 is 2.85 bits per heavy atom. The molecule has 4 heteroatoms. The smallest absolute Gasteiger partial charge is 0.171 e. The number of Topliss-reactive ketones (excluding diaryl/α,β-unsaturated/α-hetero) is 1. The standard InChI is InChI=1S/C9H14N2OS/c1-6(12)9-8(10)5-7(13-9)3-4-11-2/h5,11H,3-4,10H2,1-2H3. The van der Waals surface area contributed by atoms with Gasteiger partial charge < -0.3 is 11.1 Å². The largest absolute Gasteiger partial charge is 0.397 e. The molecule has 0 fully saturated rings. The summed E-state index contributed by atoms with van der Waals surface area (Å²) in [7, 11) is 1.91. The highest BCUT2D eigenvalue weighted by Crippen LogP contribution is 2.25. The second-order valence-corrected chi connectivity index (χ2v) is 4.04. The van der Waals surface area contributed by atoms with Gasteiger partial charge >= 0.3 is 0 Å². The number of nitrogens with two attached hydrogens (primary N) is 1. The fraction of sp³-hybridized carbons (Fsp3) is 0.444. The summed E-state index contributed by atoms with van der Waals surface area (Å²) in [5.41, 5.74) is 6.30. The van der Waals surface area contributed by atoms with Crippen LogP contribution in [0.1, 0.15) is 21.5 Å². The number of rotatable bonds is 4. The van der Waals surface area contributed by atoms with Crippen molar-refractivity contribution >= 4 is 22.8 Å². The first-order valence-corrected chi connectivity index (χ1v) is 5.00. The maximum Gasteiger partial charge on any atom is 0.171 e. The van der Waals surface area contributed by atoms with Crippen LogP contribution in [0.4, 0.5) is 5.69 Å². The Labute approximate surface area is 81.9 Å². The van der Waals surface area contributed by atoms with Crippen LogP contribution in [0.5, 0.6) is 0 Å². The van der Waals surface area contributed by atoms with Crippen molar-refractivity contribution in [2.45, 2.75) is 13.3 Å². The van der Waals surface area contributed by atoms with Crippen molar-refractivity contribution in [1.82, 2.24) is 5.32 Å². The number of hydrogen-bond acceptors (Lipinski definition) is 4. The van der Waals surface area contributed by atoms with Crippen molar-refractivity contribution < 1.29 is 4.79 Å². The second-order valence-electron chi connectivity index (χ2n) is 2.91. The molecule has 0 aromatic carbocycles. The van der Waals surface area contributed by atoms with Gasteiger partial charge in [-0.2, -0.15) is 0 Å². The molecule has 1 rings (SSSR count). The highest BCUT2D eigenvalue weighted by molar-refractivity contribution is 7.14. The maximum absolute atomic E-state index is 11.1. The van der Waals surface area contributed by atoms with E-state index in [1.807, 2.05) is 13.1 Å². The lowest BCUT2D eigenvalue weighted by molar-refractivity contribution is 0.102. The van der Waals surface area contributed by atoms with Crippen molar-refractivity contribution in [3.63, 3.8) is 0 Å². The normalized spacial score (nSPS) is 10.3. The molecule has 0 radical (unpaired) electrons. The van der Waals surface area contributed by atoms with Gasteiger partial charge in [0.15, 0.2) is 5.78 Å².